The number of ether oxygens (including phenoxy) is 4. The molecule has 0 N–H and O–H groups in total. The summed E-state index contributed by atoms with van der Waals surface area (Å²) in [6.45, 7) is 4.60. The average molecular weight is 1030 g/mol. The van der Waals surface area contributed by atoms with E-state index in [1.54, 1.807) is 0 Å². The van der Waals surface area contributed by atoms with Crippen LogP contribution in [0.3, 0.4) is 0 Å². The van der Waals surface area contributed by atoms with E-state index in [1.807, 2.05) is 21.1 Å². The van der Waals surface area contributed by atoms with Crippen LogP contribution in [0.2, 0.25) is 0 Å². The van der Waals surface area contributed by atoms with Gasteiger partial charge in [0, 0.05) is 12.8 Å². The van der Waals surface area contributed by atoms with Gasteiger partial charge in [-0.1, -0.05) is 239 Å². The Bertz CT molecular complexity index is 1580. The minimum Gasteiger partial charge on any atom is -0.545 e. The Labute approximate surface area is 454 Å². The van der Waals surface area contributed by atoms with Gasteiger partial charge in [0.25, 0.3) is 0 Å². The number of unbranched alkanes of at least 4 members (excludes halogenated alkanes) is 20. The normalized spacial score (nSPS) is 13.6. The van der Waals surface area contributed by atoms with E-state index in [9.17, 15) is 19.5 Å². The van der Waals surface area contributed by atoms with Crippen LogP contribution < -0.4 is 5.11 Å². The summed E-state index contributed by atoms with van der Waals surface area (Å²) in [6.07, 6.45) is 73.0. The lowest BCUT2D eigenvalue weighted by Gasteiger charge is -2.26. The van der Waals surface area contributed by atoms with Crippen LogP contribution in [0.25, 0.3) is 0 Å². The predicted octanol–water partition coefficient (Wildman–Crippen LogP) is 16.2. The Morgan fingerprint density at radius 1 is 0.419 bits per heavy atom. The number of hydrogen-bond donors (Lipinski definition) is 0. The summed E-state index contributed by atoms with van der Waals surface area (Å²) in [6, 6.07) is 0. The third-order valence-electron chi connectivity index (χ3n) is 12.3. The smallest absolute Gasteiger partial charge is 0.306 e. The maximum absolute atomic E-state index is 12.8. The van der Waals surface area contributed by atoms with Gasteiger partial charge in [-0.3, -0.25) is 9.59 Å². The van der Waals surface area contributed by atoms with E-state index in [0.29, 0.717) is 17.4 Å². The third-order valence-corrected chi connectivity index (χ3v) is 12.3. The molecular weight excluding hydrogens is 923 g/mol. The Morgan fingerprint density at radius 2 is 0.770 bits per heavy atom. The van der Waals surface area contributed by atoms with Gasteiger partial charge in [0.15, 0.2) is 12.4 Å². The molecule has 0 amide bonds. The molecule has 422 valence electrons. The highest BCUT2D eigenvalue weighted by molar-refractivity contribution is 5.70. The molecule has 2 unspecified atom stereocenters. The highest BCUT2D eigenvalue weighted by Gasteiger charge is 2.22. The molecule has 0 saturated heterocycles. The first-order chi connectivity index (χ1) is 36.1. The number of nitrogens with zero attached hydrogens (tertiary/aromatic N) is 1. The molecule has 0 bridgehead atoms. The van der Waals surface area contributed by atoms with E-state index >= 15 is 0 Å². The van der Waals surface area contributed by atoms with Crippen LogP contribution in [0, 0.1) is 0 Å². The molecule has 0 aliphatic carbocycles. The number of esters is 2. The second kappa shape index (κ2) is 55.2. The van der Waals surface area contributed by atoms with E-state index in [2.05, 4.69) is 123 Å². The molecule has 0 heterocycles. The molecule has 0 aliphatic rings. The molecule has 0 fully saturated rings. The maximum atomic E-state index is 12.8. The number of likely N-dealkylation sites (N-methyl/N-ethyl adjacent to an activating group) is 1. The Hall–Kier alpha value is -4.05. The lowest BCUT2D eigenvalue weighted by atomic mass is 10.0. The zero-order chi connectivity index (χ0) is 54.1. The Morgan fingerprint density at radius 3 is 1.15 bits per heavy atom. The molecule has 0 aromatic rings. The highest BCUT2D eigenvalue weighted by Crippen LogP contribution is 2.15. The van der Waals surface area contributed by atoms with Gasteiger partial charge >= 0.3 is 11.9 Å². The van der Waals surface area contributed by atoms with Crippen molar-refractivity contribution in [2.75, 3.05) is 47.5 Å². The molecule has 0 aromatic carbocycles. The van der Waals surface area contributed by atoms with E-state index in [1.165, 1.54) is 89.9 Å². The van der Waals surface area contributed by atoms with Crippen LogP contribution in [-0.4, -0.2) is 82.3 Å². The molecule has 0 aromatic heterocycles. The molecule has 74 heavy (non-hydrogen) atoms. The summed E-state index contributed by atoms with van der Waals surface area (Å²) in [7, 11) is 5.91. The zero-order valence-corrected chi connectivity index (χ0v) is 47.9. The van der Waals surface area contributed by atoms with Crippen LogP contribution in [0.5, 0.6) is 0 Å². The first kappa shape index (κ1) is 70.0. The summed E-state index contributed by atoms with van der Waals surface area (Å²) in [4.78, 5) is 37.1. The molecule has 0 saturated carbocycles. The van der Waals surface area contributed by atoms with E-state index in [0.717, 1.165) is 103 Å². The highest BCUT2D eigenvalue weighted by atomic mass is 16.7. The number of carbonyl (C=O) groups excluding carboxylic acids is 3. The first-order valence-corrected chi connectivity index (χ1v) is 29.5. The van der Waals surface area contributed by atoms with Crippen molar-refractivity contribution in [3.05, 3.63) is 109 Å². The van der Waals surface area contributed by atoms with Crippen molar-refractivity contribution in [3.8, 4) is 0 Å². The fourth-order valence-corrected chi connectivity index (χ4v) is 7.76. The lowest BCUT2D eigenvalue weighted by molar-refractivity contribution is -0.870. The lowest BCUT2D eigenvalue weighted by Crippen LogP contribution is -2.44. The fraction of sp³-hybridized carbons (Fsp3) is 0.677. The van der Waals surface area contributed by atoms with Crippen molar-refractivity contribution in [3.63, 3.8) is 0 Å². The number of aliphatic carboxylic acids is 1. The monoisotopic (exact) mass is 1030 g/mol. The summed E-state index contributed by atoms with van der Waals surface area (Å²) in [5, 5.41) is 11.7. The first-order valence-electron chi connectivity index (χ1n) is 29.5. The minimum absolute atomic E-state index is 0.144. The second-order valence-electron chi connectivity index (χ2n) is 20.6. The largest absolute Gasteiger partial charge is 0.545 e. The van der Waals surface area contributed by atoms with Crippen LogP contribution in [0.4, 0.5) is 0 Å². The topological polar surface area (TPSA) is 111 Å². The van der Waals surface area contributed by atoms with Gasteiger partial charge in [-0.05, 0) is 83.5 Å². The Kier molecular flexibility index (Phi) is 52.2. The van der Waals surface area contributed by atoms with Gasteiger partial charge in [-0.25, -0.2) is 0 Å². The molecule has 9 heteroatoms. The minimum atomic E-state index is -1.62. The Balaban J connectivity index is 4.08. The number of carboxylic acids is 1. The van der Waals surface area contributed by atoms with Gasteiger partial charge in [0.05, 0.1) is 40.3 Å². The number of allylic oxidation sites excluding steroid dienone is 18. The van der Waals surface area contributed by atoms with E-state index < -0.39 is 24.3 Å². The van der Waals surface area contributed by atoms with Gasteiger partial charge in [-0.2, -0.15) is 0 Å². The van der Waals surface area contributed by atoms with Crippen LogP contribution in [0.15, 0.2) is 109 Å². The van der Waals surface area contributed by atoms with Crippen LogP contribution in [-0.2, 0) is 33.3 Å². The number of hydrogen-bond acceptors (Lipinski definition) is 8. The van der Waals surface area contributed by atoms with Crippen molar-refractivity contribution in [1.82, 2.24) is 0 Å². The van der Waals surface area contributed by atoms with Crippen molar-refractivity contribution in [2.45, 2.75) is 238 Å². The van der Waals surface area contributed by atoms with Crippen molar-refractivity contribution < 1.29 is 42.9 Å². The fourth-order valence-electron chi connectivity index (χ4n) is 7.76. The molecule has 9 nitrogen and oxygen atoms in total. The molecule has 2 atom stereocenters. The number of quaternary nitrogens is 1. The summed E-state index contributed by atoms with van der Waals surface area (Å²) < 4.78 is 22.6. The quantitative estimate of drug-likeness (QED) is 0.0195. The van der Waals surface area contributed by atoms with Crippen molar-refractivity contribution >= 4 is 17.9 Å². The molecule has 0 radical (unpaired) electrons. The van der Waals surface area contributed by atoms with Gasteiger partial charge in [0.2, 0.25) is 0 Å². The van der Waals surface area contributed by atoms with Crippen molar-refractivity contribution in [1.29, 1.82) is 0 Å². The molecule has 0 spiro atoms. The molecular formula is C65H109NO8. The number of carboxylic acid groups (broad SMARTS) is 1. The summed E-state index contributed by atoms with van der Waals surface area (Å²) >= 11 is 0. The van der Waals surface area contributed by atoms with Crippen LogP contribution in [0.1, 0.15) is 226 Å². The molecule has 0 aliphatic heterocycles. The number of carbonyl (C=O) groups is 3. The second-order valence-corrected chi connectivity index (χ2v) is 20.6. The predicted molar refractivity (Wildman–Crippen MR) is 310 cm³/mol. The average Bonchev–Trinajstić information content (AvgIpc) is 3.37. The standard InChI is InChI=1S/C65H109NO8/c1-6-8-10-12-14-16-18-19-20-21-22-23-24-25-26-27-28-29-30-31-32-33-34-35-36-37-38-39-40-41-42-43-44-45-46-48-50-52-54-56-63(68)74-61(60-73-65(64(69)70)71-58-57-66(3,4)5)59-72-62(67)55-53-51-49-47-17-15-13-11-9-7-2/h8,10,14,16,19-20,22-23,25-26,28-29,31-32,34-35,37-38,61,65H,6-7,9,11-13,15,17-18,21,24,27,30,33,36,39-60H2,1-5H3/b10-8-,16-14-,20-19-,23-22-,26-25-,29-28-,32-31-,35-34-,38-37-. The van der Waals surface area contributed by atoms with Crippen molar-refractivity contribution in [2.24, 2.45) is 0 Å². The third kappa shape index (κ3) is 55.7. The maximum Gasteiger partial charge on any atom is 0.306 e. The SMILES string of the molecule is CC/C=C\C/C=C\C/C=C\C/C=C\C/C=C\C/C=C\C/C=C\C/C=C\C/C=C\CCCCCCCCCCCCCC(=O)OC(COC(=O)CCCCCCCCCCCC)COC(OCC[N+](C)(C)C)C(=O)[O-]. The summed E-state index contributed by atoms with van der Waals surface area (Å²) in [5.41, 5.74) is 0. The summed E-state index contributed by atoms with van der Waals surface area (Å²) in [5.74, 6) is -2.29. The van der Waals surface area contributed by atoms with Crippen LogP contribution >= 0.6 is 0 Å². The number of rotatable bonds is 53. The van der Waals surface area contributed by atoms with Gasteiger partial charge in [0.1, 0.15) is 13.2 Å². The van der Waals surface area contributed by atoms with E-state index in [-0.39, 0.29) is 38.6 Å². The zero-order valence-electron chi connectivity index (χ0n) is 47.9. The van der Waals surface area contributed by atoms with Gasteiger partial charge in [-0.15, -0.1) is 0 Å². The van der Waals surface area contributed by atoms with E-state index in [4.69, 9.17) is 18.9 Å². The molecule has 0 rings (SSSR count). The van der Waals surface area contributed by atoms with Gasteiger partial charge < -0.3 is 33.3 Å².